The maximum absolute atomic E-state index is 5.40. The van der Waals surface area contributed by atoms with Crippen LogP contribution in [-0.4, -0.2) is 44.8 Å². The maximum atomic E-state index is 5.40. The average Bonchev–Trinajstić information content (AvgIpc) is 2.82. The van der Waals surface area contributed by atoms with Gasteiger partial charge in [-0.1, -0.05) is 0 Å². The molecule has 100 valence electrons. The molecule has 0 saturated carbocycles. The number of hydrogen-bond donors (Lipinski definition) is 1. The van der Waals surface area contributed by atoms with Gasteiger partial charge < -0.3 is 4.90 Å². The number of hydrogen-bond acceptors (Lipinski definition) is 4. The molecule has 0 aliphatic carbocycles. The fraction of sp³-hybridized carbons (Fsp3) is 0.462. The minimum absolute atomic E-state index is 0.396. The molecule has 19 heavy (non-hydrogen) atoms. The lowest BCUT2D eigenvalue weighted by molar-refractivity contribution is 0.212. The molecule has 1 aliphatic rings. The van der Waals surface area contributed by atoms with Crippen molar-refractivity contribution in [2.75, 3.05) is 20.1 Å². The third kappa shape index (κ3) is 2.46. The number of piperidine rings is 1. The third-order valence-corrected chi connectivity index (χ3v) is 3.90. The lowest BCUT2D eigenvalue weighted by Gasteiger charge is -2.31. The van der Waals surface area contributed by atoms with Crippen LogP contribution >= 0.6 is 12.2 Å². The van der Waals surface area contributed by atoms with Gasteiger partial charge in [0.05, 0.1) is 6.04 Å². The standard InChI is InChI=1S/C13H17N5S/c1-17-8-2-3-11(9-17)18-12(15-16-13(18)19)10-4-6-14-7-5-10/h4-7,11H,2-3,8-9H2,1H3,(H,16,19). The monoisotopic (exact) mass is 275 g/mol. The summed E-state index contributed by atoms with van der Waals surface area (Å²) in [4.78, 5) is 6.40. The van der Waals surface area contributed by atoms with Gasteiger partial charge in [-0.25, -0.2) is 0 Å². The number of aromatic nitrogens is 4. The number of aromatic amines is 1. The highest BCUT2D eigenvalue weighted by Crippen LogP contribution is 2.26. The number of H-pyrrole nitrogens is 1. The molecule has 1 saturated heterocycles. The second-order valence-corrected chi connectivity index (χ2v) is 5.40. The Morgan fingerprint density at radius 1 is 1.37 bits per heavy atom. The Morgan fingerprint density at radius 2 is 2.16 bits per heavy atom. The molecule has 3 heterocycles. The van der Waals surface area contributed by atoms with Gasteiger partial charge in [-0.3, -0.25) is 14.6 Å². The van der Waals surface area contributed by atoms with Gasteiger partial charge in [0.25, 0.3) is 0 Å². The number of nitrogens with one attached hydrogen (secondary N) is 1. The van der Waals surface area contributed by atoms with Crippen molar-refractivity contribution in [3.63, 3.8) is 0 Å². The van der Waals surface area contributed by atoms with Crippen LogP contribution in [0.3, 0.4) is 0 Å². The SMILES string of the molecule is CN1CCCC(n2c(-c3ccncc3)n[nH]c2=S)C1. The van der Waals surface area contributed by atoms with E-state index in [1.165, 1.54) is 6.42 Å². The fourth-order valence-corrected chi connectivity index (χ4v) is 2.98. The van der Waals surface area contributed by atoms with Crippen LogP contribution in [0.4, 0.5) is 0 Å². The molecule has 1 atom stereocenters. The zero-order valence-electron chi connectivity index (χ0n) is 10.9. The van der Waals surface area contributed by atoms with E-state index in [-0.39, 0.29) is 0 Å². The van der Waals surface area contributed by atoms with Crippen LogP contribution in [0.25, 0.3) is 11.4 Å². The molecule has 1 unspecified atom stereocenters. The normalized spacial score (nSPS) is 20.6. The summed E-state index contributed by atoms with van der Waals surface area (Å²) in [7, 11) is 2.15. The van der Waals surface area contributed by atoms with Crippen LogP contribution in [0.5, 0.6) is 0 Å². The number of rotatable bonds is 2. The van der Waals surface area contributed by atoms with Crippen molar-refractivity contribution in [2.24, 2.45) is 0 Å². The van der Waals surface area contributed by atoms with Crippen LogP contribution in [0, 0.1) is 4.77 Å². The predicted octanol–water partition coefficient (Wildman–Crippen LogP) is 2.27. The van der Waals surface area contributed by atoms with Crippen LogP contribution in [0.2, 0.25) is 0 Å². The van der Waals surface area contributed by atoms with Crippen LogP contribution < -0.4 is 0 Å². The quantitative estimate of drug-likeness (QED) is 0.854. The minimum Gasteiger partial charge on any atom is -0.304 e. The predicted molar refractivity (Wildman–Crippen MR) is 76.4 cm³/mol. The first-order valence-corrected chi connectivity index (χ1v) is 6.92. The summed E-state index contributed by atoms with van der Waals surface area (Å²) in [6, 6.07) is 4.33. The van der Waals surface area contributed by atoms with Crippen molar-refractivity contribution in [3.05, 3.63) is 29.3 Å². The topological polar surface area (TPSA) is 49.7 Å². The van der Waals surface area contributed by atoms with Gasteiger partial charge in [-0.2, -0.15) is 5.10 Å². The van der Waals surface area contributed by atoms with Gasteiger partial charge in [0.15, 0.2) is 10.6 Å². The maximum Gasteiger partial charge on any atom is 0.195 e. The van der Waals surface area contributed by atoms with Crippen LogP contribution in [-0.2, 0) is 0 Å². The van der Waals surface area contributed by atoms with Crippen molar-refractivity contribution < 1.29 is 0 Å². The van der Waals surface area contributed by atoms with Gasteiger partial charge in [-0.05, 0) is 50.8 Å². The van der Waals surface area contributed by atoms with E-state index >= 15 is 0 Å². The van der Waals surface area contributed by atoms with Crippen molar-refractivity contribution in [1.29, 1.82) is 0 Å². The molecule has 3 rings (SSSR count). The van der Waals surface area contributed by atoms with Gasteiger partial charge in [0.1, 0.15) is 0 Å². The highest BCUT2D eigenvalue weighted by atomic mass is 32.1. The number of nitrogens with zero attached hydrogens (tertiary/aromatic N) is 4. The Labute approximate surface area is 117 Å². The van der Waals surface area contributed by atoms with Crippen molar-refractivity contribution >= 4 is 12.2 Å². The Bertz CT molecular complexity index is 603. The Hall–Kier alpha value is -1.53. The summed E-state index contributed by atoms with van der Waals surface area (Å²) in [6.45, 7) is 2.18. The summed E-state index contributed by atoms with van der Waals surface area (Å²) in [5.74, 6) is 0.910. The molecule has 0 spiro atoms. The highest BCUT2D eigenvalue weighted by Gasteiger charge is 2.22. The second kappa shape index (κ2) is 5.22. The van der Waals surface area contributed by atoms with Crippen molar-refractivity contribution in [3.8, 4) is 11.4 Å². The number of likely N-dealkylation sites (N-methyl/N-ethyl adjacent to an activating group) is 1. The van der Waals surface area contributed by atoms with Gasteiger partial charge in [-0.15, -0.1) is 0 Å². The van der Waals surface area contributed by atoms with E-state index in [1.807, 2.05) is 12.1 Å². The first kappa shape index (κ1) is 12.5. The van der Waals surface area contributed by atoms with Gasteiger partial charge in [0.2, 0.25) is 0 Å². The molecule has 1 N–H and O–H groups in total. The zero-order chi connectivity index (χ0) is 13.2. The summed E-state index contributed by atoms with van der Waals surface area (Å²) >= 11 is 5.40. The van der Waals surface area contributed by atoms with Crippen molar-refractivity contribution in [1.82, 2.24) is 24.6 Å². The van der Waals surface area contributed by atoms with E-state index in [2.05, 4.69) is 31.7 Å². The summed E-state index contributed by atoms with van der Waals surface area (Å²) in [5, 5.41) is 7.31. The average molecular weight is 275 g/mol. The van der Waals surface area contributed by atoms with E-state index in [0.717, 1.165) is 30.9 Å². The number of pyridine rings is 1. The van der Waals surface area contributed by atoms with Crippen molar-refractivity contribution in [2.45, 2.75) is 18.9 Å². The summed E-state index contributed by atoms with van der Waals surface area (Å²) in [6.07, 6.45) is 5.91. The molecule has 5 nitrogen and oxygen atoms in total. The fourth-order valence-electron chi connectivity index (χ4n) is 2.70. The Kier molecular flexibility index (Phi) is 3.44. The van der Waals surface area contributed by atoms with Crippen LogP contribution in [0.15, 0.2) is 24.5 Å². The smallest absolute Gasteiger partial charge is 0.195 e. The summed E-state index contributed by atoms with van der Waals surface area (Å²) < 4.78 is 2.85. The molecule has 1 fully saturated rings. The molecule has 6 heteroatoms. The first-order chi connectivity index (χ1) is 9.25. The molecular formula is C13H17N5S. The lowest BCUT2D eigenvalue weighted by Crippen LogP contribution is -2.33. The minimum atomic E-state index is 0.396. The van der Waals surface area contributed by atoms with Crippen LogP contribution in [0.1, 0.15) is 18.9 Å². The van der Waals surface area contributed by atoms with Gasteiger partial charge >= 0.3 is 0 Å². The Morgan fingerprint density at radius 3 is 2.89 bits per heavy atom. The van der Waals surface area contributed by atoms with E-state index in [9.17, 15) is 0 Å². The molecule has 2 aromatic heterocycles. The van der Waals surface area contributed by atoms with E-state index in [0.29, 0.717) is 10.8 Å². The molecule has 0 amide bonds. The lowest BCUT2D eigenvalue weighted by atomic mass is 10.1. The third-order valence-electron chi connectivity index (χ3n) is 3.61. The highest BCUT2D eigenvalue weighted by molar-refractivity contribution is 7.71. The van der Waals surface area contributed by atoms with E-state index in [1.54, 1.807) is 12.4 Å². The molecule has 0 aromatic carbocycles. The molecule has 0 bridgehead atoms. The largest absolute Gasteiger partial charge is 0.304 e. The summed E-state index contributed by atoms with van der Waals surface area (Å²) in [5.41, 5.74) is 1.05. The number of likely N-dealkylation sites (tertiary alicyclic amines) is 1. The molecule has 2 aromatic rings. The second-order valence-electron chi connectivity index (χ2n) is 5.02. The zero-order valence-corrected chi connectivity index (χ0v) is 11.7. The molecule has 1 aliphatic heterocycles. The Balaban J connectivity index is 2.02. The molecule has 0 radical (unpaired) electrons. The van der Waals surface area contributed by atoms with Gasteiger partial charge in [0, 0.05) is 24.5 Å². The van der Waals surface area contributed by atoms with E-state index in [4.69, 9.17) is 12.2 Å². The molecular weight excluding hydrogens is 258 g/mol. The van der Waals surface area contributed by atoms with E-state index < -0.39 is 0 Å². The first-order valence-electron chi connectivity index (χ1n) is 6.51.